The molecule has 20 heavy (non-hydrogen) atoms. The first-order valence-electron chi connectivity index (χ1n) is 5.42. The molecule has 0 N–H and O–H groups in total. The predicted molar refractivity (Wildman–Crippen MR) is 68.8 cm³/mol. The van der Waals surface area contributed by atoms with Crippen LogP contribution in [-0.2, 0) is 22.6 Å². The van der Waals surface area contributed by atoms with Crippen LogP contribution in [0.2, 0.25) is 0 Å². The van der Waals surface area contributed by atoms with Gasteiger partial charge in [0.05, 0.1) is 18.6 Å². The van der Waals surface area contributed by atoms with E-state index in [9.17, 15) is 22.4 Å². The first-order chi connectivity index (χ1) is 9.28. The zero-order chi connectivity index (χ0) is 15.3. The van der Waals surface area contributed by atoms with Gasteiger partial charge in [-0.2, -0.15) is 0 Å². The molecule has 0 aromatic carbocycles. The summed E-state index contributed by atoms with van der Waals surface area (Å²) >= 11 is 1.59. The molecule has 112 valence electrons. The molecular weight excluding hydrogens is 397 g/mol. The fourth-order valence-electron chi connectivity index (χ4n) is 1.41. The van der Waals surface area contributed by atoms with Crippen molar-refractivity contribution in [1.29, 1.82) is 0 Å². The monoisotopic (exact) mass is 407 g/mol. The summed E-state index contributed by atoms with van der Waals surface area (Å²) < 4.78 is 58.5. The van der Waals surface area contributed by atoms with Gasteiger partial charge in [-0.1, -0.05) is 0 Å². The minimum Gasteiger partial charge on any atom is -0.466 e. The number of nitrogens with zero attached hydrogens (tertiary/aromatic N) is 1. The first kappa shape index (κ1) is 16.9. The molecule has 1 heterocycles. The zero-order valence-corrected chi connectivity index (χ0v) is 12.4. The van der Waals surface area contributed by atoms with E-state index in [1.807, 2.05) is 0 Å². The standard InChI is InChI=1S/C11H10F4INO3/c1-2-19-8(18)3-6-5-17-10(16)7(4-12)9(6)20-11(13,14)15/h5H,2-4H2,1H3. The van der Waals surface area contributed by atoms with Crippen LogP contribution in [0.1, 0.15) is 18.1 Å². The molecule has 0 radical (unpaired) electrons. The molecule has 0 bridgehead atoms. The first-order valence-corrected chi connectivity index (χ1v) is 6.50. The van der Waals surface area contributed by atoms with Crippen molar-refractivity contribution in [1.82, 2.24) is 4.98 Å². The average molecular weight is 407 g/mol. The molecular formula is C11H10F4INO3. The lowest BCUT2D eigenvalue weighted by Gasteiger charge is -2.16. The van der Waals surface area contributed by atoms with Crippen LogP contribution in [-0.4, -0.2) is 23.9 Å². The molecule has 0 fully saturated rings. The number of rotatable bonds is 5. The molecule has 1 rings (SSSR count). The van der Waals surface area contributed by atoms with E-state index >= 15 is 0 Å². The van der Waals surface area contributed by atoms with Crippen molar-refractivity contribution in [3.63, 3.8) is 0 Å². The number of halogens is 5. The van der Waals surface area contributed by atoms with Crippen LogP contribution in [0.4, 0.5) is 17.6 Å². The van der Waals surface area contributed by atoms with Gasteiger partial charge in [0, 0.05) is 11.8 Å². The quantitative estimate of drug-likeness (QED) is 0.326. The average Bonchev–Trinajstić information content (AvgIpc) is 2.31. The smallest absolute Gasteiger partial charge is 0.466 e. The lowest BCUT2D eigenvalue weighted by atomic mass is 10.1. The maximum atomic E-state index is 12.9. The molecule has 0 saturated carbocycles. The summed E-state index contributed by atoms with van der Waals surface area (Å²) in [5.41, 5.74) is -0.515. The maximum absolute atomic E-state index is 12.9. The molecule has 4 nitrogen and oxygen atoms in total. The Bertz CT molecular complexity index is 493. The number of alkyl halides is 4. The largest absolute Gasteiger partial charge is 0.573 e. The van der Waals surface area contributed by atoms with Crippen LogP contribution in [0.5, 0.6) is 5.75 Å². The second kappa shape index (κ2) is 7.04. The third-order valence-electron chi connectivity index (χ3n) is 2.14. The third kappa shape index (κ3) is 4.76. The second-order valence-electron chi connectivity index (χ2n) is 3.55. The Balaban J connectivity index is 3.18. The third-order valence-corrected chi connectivity index (χ3v) is 3.07. The van der Waals surface area contributed by atoms with Crippen LogP contribution in [0.3, 0.4) is 0 Å². The lowest BCUT2D eigenvalue weighted by Crippen LogP contribution is -2.21. The SMILES string of the molecule is CCOC(=O)Cc1cnc(I)c(CF)c1OC(F)(F)F. The molecule has 0 spiro atoms. The minimum absolute atomic E-state index is 0.0389. The summed E-state index contributed by atoms with van der Waals surface area (Å²) in [5.74, 6) is -1.47. The summed E-state index contributed by atoms with van der Waals surface area (Å²) in [5, 5.41) is 0. The van der Waals surface area contributed by atoms with E-state index in [0.29, 0.717) is 0 Å². The van der Waals surface area contributed by atoms with E-state index < -0.39 is 31.2 Å². The van der Waals surface area contributed by atoms with Gasteiger partial charge in [-0.3, -0.25) is 4.79 Å². The zero-order valence-electron chi connectivity index (χ0n) is 10.3. The maximum Gasteiger partial charge on any atom is 0.573 e. The van der Waals surface area contributed by atoms with E-state index in [1.54, 1.807) is 29.5 Å². The number of ether oxygens (including phenoxy) is 2. The van der Waals surface area contributed by atoms with E-state index in [2.05, 4.69) is 14.5 Å². The molecule has 0 aliphatic carbocycles. The van der Waals surface area contributed by atoms with Crippen LogP contribution in [0.15, 0.2) is 6.20 Å². The summed E-state index contributed by atoms with van der Waals surface area (Å²) in [6, 6.07) is 0. The van der Waals surface area contributed by atoms with E-state index in [0.717, 1.165) is 6.20 Å². The van der Waals surface area contributed by atoms with Gasteiger partial charge in [0.2, 0.25) is 0 Å². The van der Waals surface area contributed by atoms with Gasteiger partial charge in [-0.25, -0.2) is 9.37 Å². The summed E-state index contributed by atoms with van der Waals surface area (Å²) in [6.07, 6.45) is -4.42. The van der Waals surface area contributed by atoms with Gasteiger partial charge in [0.25, 0.3) is 0 Å². The van der Waals surface area contributed by atoms with E-state index in [1.165, 1.54) is 0 Å². The van der Waals surface area contributed by atoms with Gasteiger partial charge in [-0.15, -0.1) is 13.2 Å². The number of aromatic nitrogens is 1. The number of carbonyl (C=O) groups is 1. The van der Waals surface area contributed by atoms with E-state index in [4.69, 9.17) is 0 Å². The van der Waals surface area contributed by atoms with Crippen molar-refractivity contribution in [2.75, 3.05) is 6.61 Å². The Kier molecular flexibility index (Phi) is 5.96. The Morgan fingerprint density at radius 2 is 2.10 bits per heavy atom. The number of hydrogen-bond acceptors (Lipinski definition) is 4. The van der Waals surface area contributed by atoms with Gasteiger partial charge < -0.3 is 9.47 Å². The van der Waals surface area contributed by atoms with Gasteiger partial charge in [0.1, 0.15) is 16.1 Å². The summed E-state index contributed by atoms with van der Waals surface area (Å²) in [4.78, 5) is 15.1. The normalized spacial score (nSPS) is 11.3. The highest BCUT2D eigenvalue weighted by Crippen LogP contribution is 2.33. The Hall–Kier alpha value is -1.13. The Morgan fingerprint density at radius 1 is 1.45 bits per heavy atom. The number of esters is 1. The van der Waals surface area contributed by atoms with Crippen molar-refractivity contribution < 1.29 is 31.8 Å². The molecule has 0 aliphatic heterocycles. The molecule has 0 saturated heterocycles. The molecule has 0 aliphatic rings. The highest BCUT2D eigenvalue weighted by Gasteiger charge is 2.34. The minimum atomic E-state index is -4.99. The molecule has 1 aromatic rings. The van der Waals surface area contributed by atoms with Crippen LogP contribution in [0, 0.1) is 3.70 Å². The number of pyridine rings is 1. The predicted octanol–water partition coefficient (Wildman–Crippen LogP) is 3.16. The van der Waals surface area contributed by atoms with Gasteiger partial charge >= 0.3 is 12.3 Å². The molecule has 9 heteroatoms. The number of carbonyl (C=O) groups excluding carboxylic acids is 1. The Labute approximate surface area is 125 Å². The van der Waals surface area contributed by atoms with Crippen LogP contribution >= 0.6 is 22.6 Å². The van der Waals surface area contributed by atoms with Crippen molar-refractivity contribution >= 4 is 28.6 Å². The van der Waals surface area contributed by atoms with Crippen molar-refractivity contribution in [2.45, 2.75) is 26.4 Å². The van der Waals surface area contributed by atoms with Gasteiger partial charge in [0.15, 0.2) is 0 Å². The molecule has 0 atom stereocenters. The second-order valence-corrected chi connectivity index (χ2v) is 4.57. The fraction of sp³-hybridized carbons (Fsp3) is 0.455. The van der Waals surface area contributed by atoms with E-state index in [-0.39, 0.29) is 21.4 Å². The van der Waals surface area contributed by atoms with Crippen molar-refractivity contribution in [2.24, 2.45) is 0 Å². The highest BCUT2D eigenvalue weighted by atomic mass is 127. The molecule has 1 aromatic heterocycles. The highest BCUT2D eigenvalue weighted by molar-refractivity contribution is 14.1. The summed E-state index contributed by atoms with van der Waals surface area (Å²) in [7, 11) is 0. The lowest BCUT2D eigenvalue weighted by molar-refractivity contribution is -0.275. The van der Waals surface area contributed by atoms with Crippen LogP contribution in [0.25, 0.3) is 0 Å². The summed E-state index contributed by atoms with van der Waals surface area (Å²) in [6.45, 7) is 0.458. The van der Waals surface area contributed by atoms with Crippen molar-refractivity contribution in [3.05, 3.63) is 21.0 Å². The topological polar surface area (TPSA) is 48.4 Å². The number of hydrogen-bond donors (Lipinski definition) is 0. The van der Waals surface area contributed by atoms with Crippen molar-refractivity contribution in [3.8, 4) is 5.75 Å². The molecule has 0 unspecified atom stereocenters. The fourth-order valence-corrected chi connectivity index (χ4v) is 1.94. The molecule has 0 amide bonds. The van der Waals surface area contributed by atoms with Gasteiger partial charge in [-0.05, 0) is 29.5 Å². The van der Waals surface area contributed by atoms with Crippen LogP contribution < -0.4 is 4.74 Å². The Morgan fingerprint density at radius 3 is 2.60 bits per heavy atom.